The van der Waals surface area contributed by atoms with Crippen LogP contribution in [-0.2, 0) is 16.2 Å². The summed E-state index contributed by atoms with van der Waals surface area (Å²) in [4.78, 5) is 5.49. The molecule has 0 saturated heterocycles. The van der Waals surface area contributed by atoms with Gasteiger partial charge in [-0.25, -0.2) is 0 Å². The third-order valence-electron chi connectivity index (χ3n) is 25.4. The monoisotopic (exact) mass is 1420 g/mol. The first-order valence-electron chi connectivity index (χ1n) is 39.5. The molecule has 0 amide bonds. The molecule has 2 aromatic heterocycles. The minimum absolute atomic E-state index is 0.0440. The van der Waals surface area contributed by atoms with Crippen molar-refractivity contribution in [2.45, 2.75) is 78.6 Å². The fraction of sp³-hybridized carbons (Fsp3) is 0.113. The Kier molecular flexibility index (Phi) is 13.2. The molecule has 0 radical (unpaired) electrons. The van der Waals surface area contributed by atoms with Crippen molar-refractivity contribution in [2.24, 2.45) is 0 Å². The molecule has 0 N–H and O–H groups in total. The number of rotatable bonds is 8. The maximum absolute atomic E-state index is 2.75. The Bertz CT molecular complexity index is 6790. The summed E-state index contributed by atoms with van der Waals surface area (Å²) in [5, 5.41) is 20.8. The van der Waals surface area contributed by atoms with E-state index in [0.717, 1.165) is 90.0 Å². The van der Waals surface area contributed by atoms with Gasteiger partial charge < -0.3 is 18.9 Å². The van der Waals surface area contributed by atoms with Gasteiger partial charge in [0.15, 0.2) is 0 Å². The zero-order valence-electron chi connectivity index (χ0n) is 63.9. The number of nitrogens with zero attached hydrogens (tertiary/aromatic N) is 4. The highest BCUT2D eigenvalue weighted by molar-refractivity contribution is 7.00. The summed E-state index contributed by atoms with van der Waals surface area (Å²) in [7, 11) is 0. The number of benzene rings is 19. The second kappa shape index (κ2) is 22.8. The van der Waals surface area contributed by atoms with Crippen LogP contribution in [0.4, 0.5) is 34.1 Å². The van der Waals surface area contributed by atoms with E-state index in [4.69, 9.17) is 0 Å². The minimum Gasteiger partial charge on any atom is -0.310 e. The van der Waals surface area contributed by atoms with E-state index >= 15 is 0 Å². The highest BCUT2D eigenvalue weighted by Crippen LogP contribution is 2.57. The van der Waals surface area contributed by atoms with Crippen molar-refractivity contribution < 1.29 is 0 Å². The Morgan fingerprint density at radius 3 is 0.856 bits per heavy atom. The molecule has 111 heavy (non-hydrogen) atoms. The van der Waals surface area contributed by atoms with E-state index in [2.05, 4.69) is 397 Å². The number of anilines is 6. The lowest BCUT2D eigenvalue weighted by molar-refractivity contribution is 0.590. The topological polar surface area (TPSA) is 16.3 Å². The molecule has 0 atom stereocenters. The van der Waals surface area contributed by atoms with Crippen LogP contribution in [0.1, 0.15) is 79.0 Å². The number of hydrogen-bond donors (Lipinski definition) is 0. The molecule has 19 aromatic carbocycles. The molecule has 0 fully saturated rings. The lowest BCUT2D eigenvalue weighted by Gasteiger charge is -2.46. The normalized spacial score (nSPS) is 13.4. The summed E-state index contributed by atoms with van der Waals surface area (Å²) in [6, 6.07) is 122. The summed E-state index contributed by atoms with van der Waals surface area (Å²) in [5.41, 5.74) is 30.3. The molecule has 4 nitrogen and oxygen atoms in total. The van der Waals surface area contributed by atoms with Crippen molar-refractivity contribution in [2.75, 3.05) is 9.80 Å². The fourth-order valence-electron chi connectivity index (χ4n) is 20.1. The van der Waals surface area contributed by atoms with Gasteiger partial charge in [-0.05, 0) is 197 Å². The van der Waals surface area contributed by atoms with Gasteiger partial charge in [0.1, 0.15) is 0 Å². The van der Waals surface area contributed by atoms with Gasteiger partial charge in [-0.1, -0.05) is 317 Å². The van der Waals surface area contributed by atoms with E-state index in [9.17, 15) is 0 Å². The molecule has 2 aliphatic heterocycles. The maximum atomic E-state index is 2.75. The molecular formula is C106H79BN4. The highest BCUT2D eigenvalue weighted by Gasteiger charge is 2.47. The van der Waals surface area contributed by atoms with Gasteiger partial charge in [0.2, 0.25) is 0 Å². The Morgan fingerprint density at radius 1 is 0.234 bits per heavy atom. The first kappa shape index (κ1) is 64.1. The van der Waals surface area contributed by atoms with Crippen LogP contribution in [0.25, 0.3) is 164 Å². The smallest absolute Gasteiger partial charge is 0.252 e. The van der Waals surface area contributed by atoms with Crippen LogP contribution in [0.5, 0.6) is 0 Å². The van der Waals surface area contributed by atoms with E-state index in [1.54, 1.807) is 0 Å². The Hall–Kier alpha value is -13.0. The van der Waals surface area contributed by atoms with E-state index in [0.29, 0.717) is 0 Å². The zero-order chi connectivity index (χ0) is 74.4. The molecule has 4 heterocycles. The fourth-order valence-corrected chi connectivity index (χ4v) is 20.1. The molecule has 0 saturated carbocycles. The van der Waals surface area contributed by atoms with Crippen LogP contribution in [0.2, 0.25) is 0 Å². The molecule has 0 unspecified atom stereocenters. The predicted octanol–water partition coefficient (Wildman–Crippen LogP) is 27.2. The Balaban J connectivity index is 0.877. The lowest BCUT2D eigenvalue weighted by Crippen LogP contribution is -2.61. The second-order valence-corrected chi connectivity index (χ2v) is 34.7. The quantitative estimate of drug-likeness (QED) is 0.0856. The van der Waals surface area contributed by atoms with Crippen molar-refractivity contribution in [1.82, 2.24) is 9.13 Å². The van der Waals surface area contributed by atoms with Crippen LogP contribution >= 0.6 is 0 Å². The molecule has 0 bridgehead atoms. The minimum atomic E-state index is -0.339. The molecular weight excluding hydrogens is 1340 g/mol. The molecule has 2 aliphatic rings. The standard InChI is InChI=1S/C106H79BN4/c1-104(2,3)70-46-38-64(39-47-70)77-32-20-30-75(62-22-12-10-13-23-62)102(77)110-89-60-73(108-85-54-42-66-26-16-34-79-80-35-17-27-67-43-55-86(108)98(94(67)80)97(85)93(66)79)50-52-83(89)107-84-53-51-74(109-87-56-44-68-28-18-36-81-82-37-19-29-69-45-57-88(109)100(96(69)82)99(87)95(68)81)61-90(84)111(92-59-72(106(7,8)9)58-91(110)101(92)107)103-76(63-24-14-11-15-25-63)31-21-33-78(103)65-40-48-71(49-41-65)105(4,5)6/h10-61H,1-9H3. The van der Waals surface area contributed by atoms with Gasteiger partial charge in [-0.3, -0.25) is 0 Å². The third kappa shape index (κ3) is 9.06. The summed E-state index contributed by atoms with van der Waals surface area (Å²) >= 11 is 0. The van der Waals surface area contributed by atoms with Crippen molar-refractivity contribution in [3.8, 4) is 55.9 Å². The molecule has 526 valence electrons. The average Bonchev–Trinajstić information content (AvgIpc) is 1.54. The summed E-state index contributed by atoms with van der Waals surface area (Å²) in [6.45, 7) is 20.9. The summed E-state index contributed by atoms with van der Waals surface area (Å²) in [5.74, 6) is 0. The second-order valence-electron chi connectivity index (χ2n) is 34.7. The first-order chi connectivity index (χ1) is 54.0. The van der Waals surface area contributed by atoms with E-state index in [1.807, 2.05) is 0 Å². The molecule has 5 heteroatoms. The lowest BCUT2D eigenvalue weighted by atomic mass is 9.33. The van der Waals surface area contributed by atoms with E-state index in [1.165, 1.54) is 141 Å². The summed E-state index contributed by atoms with van der Waals surface area (Å²) in [6.07, 6.45) is 0. The van der Waals surface area contributed by atoms with E-state index in [-0.39, 0.29) is 23.0 Å². The van der Waals surface area contributed by atoms with Crippen LogP contribution in [0, 0.1) is 0 Å². The van der Waals surface area contributed by atoms with Crippen LogP contribution in [0.3, 0.4) is 0 Å². The largest absolute Gasteiger partial charge is 0.310 e. The van der Waals surface area contributed by atoms with Gasteiger partial charge in [-0.15, -0.1) is 0 Å². The Labute approximate surface area is 646 Å². The average molecular weight is 1420 g/mol. The van der Waals surface area contributed by atoms with Crippen LogP contribution in [0.15, 0.2) is 315 Å². The van der Waals surface area contributed by atoms with Crippen LogP contribution < -0.4 is 26.2 Å². The van der Waals surface area contributed by atoms with E-state index < -0.39 is 0 Å². The van der Waals surface area contributed by atoms with Crippen molar-refractivity contribution in [3.63, 3.8) is 0 Å². The van der Waals surface area contributed by atoms with Gasteiger partial charge in [0, 0.05) is 77.9 Å². The summed E-state index contributed by atoms with van der Waals surface area (Å²) < 4.78 is 5.20. The maximum Gasteiger partial charge on any atom is 0.252 e. The number of para-hydroxylation sites is 2. The SMILES string of the molecule is CC(C)(C)c1ccc(-c2cccc(-c3ccccc3)c2N2c3cc(-n4c5ccc6cccc7c8cccc9ccc4c(c98)c5c67)ccc3B3c4ccc(-n5c6ccc7cccc8c9cccc%10ccc5c(c%109)c6c78)cc4N(c4c(-c5ccccc5)cccc4-c4ccc(C(C)(C)C)cc4)c4cc(C(C)(C)C)cc2c43)cc1. The molecule has 21 aromatic rings. The van der Waals surface area contributed by atoms with Crippen LogP contribution in [-0.4, -0.2) is 15.8 Å². The number of aromatic nitrogens is 2. The molecule has 23 rings (SSSR count). The van der Waals surface area contributed by atoms with Gasteiger partial charge in [0.25, 0.3) is 6.71 Å². The number of fused-ring (bicyclic) bond motifs is 6. The molecule has 0 aliphatic carbocycles. The predicted molar refractivity (Wildman–Crippen MR) is 477 cm³/mol. The Morgan fingerprint density at radius 2 is 0.541 bits per heavy atom. The van der Waals surface area contributed by atoms with Crippen molar-refractivity contribution >= 4 is 165 Å². The van der Waals surface area contributed by atoms with Crippen molar-refractivity contribution in [3.05, 3.63) is 332 Å². The van der Waals surface area contributed by atoms with Gasteiger partial charge >= 0.3 is 0 Å². The van der Waals surface area contributed by atoms with Gasteiger partial charge in [0.05, 0.1) is 33.4 Å². The zero-order valence-corrected chi connectivity index (χ0v) is 63.9. The number of hydrogen-bond acceptors (Lipinski definition) is 2. The van der Waals surface area contributed by atoms with Gasteiger partial charge in [-0.2, -0.15) is 0 Å². The first-order valence-corrected chi connectivity index (χ1v) is 39.5. The third-order valence-corrected chi connectivity index (χ3v) is 25.4. The highest BCUT2D eigenvalue weighted by atomic mass is 15.2. The molecule has 0 spiro atoms. The van der Waals surface area contributed by atoms with Crippen molar-refractivity contribution in [1.29, 1.82) is 0 Å².